The normalized spacial score (nSPS) is 17.4. The summed E-state index contributed by atoms with van der Waals surface area (Å²) in [5.74, 6) is -3.24. The van der Waals surface area contributed by atoms with Crippen LogP contribution < -0.4 is 21.9 Å². The highest BCUT2D eigenvalue weighted by Crippen LogP contribution is 2.27. The number of amides is 4. The molecule has 1 aliphatic heterocycles. The van der Waals surface area contributed by atoms with Crippen LogP contribution in [0.5, 0.6) is 5.88 Å². The second kappa shape index (κ2) is 8.05. The van der Waals surface area contributed by atoms with Gasteiger partial charge in [0.2, 0.25) is 11.6 Å². The lowest BCUT2D eigenvalue weighted by Crippen LogP contribution is -2.51. The van der Waals surface area contributed by atoms with Crippen LogP contribution in [0.2, 0.25) is 0 Å². The van der Waals surface area contributed by atoms with Crippen molar-refractivity contribution in [3.63, 3.8) is 0 Å². The number of hydrogen-bond donors (Lipinski definition) is 6. The fraction of sp³-hybridized carbons (Fsp3) is 0. The van der Waals surface area contributed by atoms with Crippen LogP contribution in [-0.4, -0.2) is 54.0 Å². The van der Waals surface area contributed by atoms with Crippen molar-refractivity contribution in [3.05, 3.63) is 82.7 Å². The smallest absolute Gasteiger partial charge is 0.328 e. The first kappa shape index (κ1) is 21.7. The van der Waals surface area contributed by atoms with Gasteiger partial charge in [-0.15, -0.1) is 0 Å². The molecule has 16 nitrogen and oxygen atoms in total. The number of allylic oxidation sites excluding steroid dienone is 4. The van der Waals surface area contributed by atoms with E-state index in [4.69, 9.17) is 0 Å². The number of aromatic hydroxyl groups is 1. The Morgan fingerprint density at radius 2 is 1.59 bits per heavy atom. The molecule has 1 aliphatic carbocycles. The molecular weight excluding hydrogens is 436 g/mol. The summed E-state index contributed by atoms with van der Waals surface area (Å²) in [7, 11) is 0. The molecule has 166 valence electrons. The van der Waals surface area contributed by atoms with Crippen molar-refractivity contribution < 1.29 is 29.6 Å². The number of H-pyrrole nitrogens is 2. The Morgan fingerprint density at radius 3 is 2.12 bits per heavy atom. The van der Waals surface area contributed by atoms with E-state index in [1.165, 1.54) is 0 Å². The fourth-order valence-electron chi connectivity index (χ4n) is 2.70. The van der Waals surface area contributed by atoms with Crippen LogP contribution in [0.25, 0.3) is 6.08 Å². The van der Waals surface area contributed by atoms with E-state index in [1.54, 1.807) is 15.6 Å². The third-order valence-corrected chi connectivity index (χ3v) is 4.08. The predicted octanol–water partition coefficient (Wildman–Crippen LogP) is -2.09. The minimum Gasteiger partial charge on any atom is -0.733 e. The zero-order valence-corrected chi connectivity index (χ0v) is 15.4. The molecule has 3 rings (SSSR count). The number of rotatable bonds is 3. The van der Waals surface area contributed by atoms with Crippen molar-refractivity contribution in [2.45, 2.75) is 0 Å². The van der Waals surface area contributed by atoms with E-state index in [-0.39, 0.29) is 5.57 Å². The van der Waals surface area contributed by atoms with Gasteiger partial charge in [0.25, 0.3) is 17.4 Å². The van der Waals surface area contributed by atoms with Crippen LogP contribution in [0.15, 0.2) is 50.2 Å². The summed E-state index contributed by atoms with van der Waals surface area (Å²) in [6, 6.07) is -1.11. The number of carbonyl (C=O) groups excluding carboxylic acids is 3. The monoisotopic (exact) mass is 446 g/mol. The highest BCUT2D eigenvalue weighted by Gasteiger charge is 2.30. The van der Waals surface area contributed by atoms with E-state index in [0.717, 1.165) is 18.2 Å². The first-order valence-electron chi connectivity index (χ1n) is 8.25. The number of carbonyl (C=O) groups is 3. The Balaban J connectivity index is 2.24. The molecule has 1 saturated heterocycles. The fourth-order valence-corrected chi connectivity index (χ4v) is 2.70. The Morgan fingerprint density at radius 1 is 0.969 bits per heavy atom. The van der Waals surface area contributed by atoms with Gasteiger partial charge >= 0.3 is 11.7 Å². The van der Waals surface area contributed by atoms with Crippen LogP contribution in [-0.2, 0) is 9.59 Å². The quantitative estimate of drug-likeness (QED) is 0.127. The highest BCUT2D eigenvalue weighted by atomic mass is 16.8. The zero-order valence-electron chi connectivity index (χ0n) is 15.4. The average Bonchev–Trinajstić information content (AvgIpc) is 2.66. The van der Waals surface area contributed by atoms with Gasteiger partial charge < -0.3 is 26.0 Å². The summed E-state index contributed by atoms with van der Waals surface area (Å²) in [6.07, 6.45) is 2.96. The number of nitrogens with zero attached hydrogens (tertiary/aromatic N) is 2. The first-order chi connectivity index (χ1) is 15.0. The van der Waals surface area contributed by atoms with Gasteiger partial charge in [0, 0.05) is 11.6 Å². The lowest BCUT2D eigenvalue weighted by atomic mass is 9.94. The van der Waals surface area contributed by atoms with Crippen LogP contribution in [0, 0.1) is 15.6 Å². The second-order valence-corrected chi connectivity index (χ2v) is 6.11. The maximum atomic E-state index is 12.0. The summed E-state index contributed by atoms with van der Waals surface area (Å²) in [4.78, 5) is 60.9. The topological polar surface area (TPSA) is 257 Å². The number of hydroxylamine groups is 2. The van der Waals surface area contributed by atoms with Crippen molar-refractivity contribution in [2.75, 3.05) is 0 Å². The summed E-state index contributed by atoms with van der Waals surface area (Å²) in [5, 5.41) is 56.4. The second-order valence-electron chi connectivity index (χ2n) is 6.11. The third kappa shape index (κ3) is 4.15. The molecule has 0 radical (unpaired) electrons. The minimum atomic E-state index is -1.16. The van der Waals surface area contributed by atoms with Crippen LogP contribution in [0.3, 0.4) is 0 Å². The van der Waals surface area contributed by atoms with E-state index in [0.29, 0.717) is 6.08 Å². The lowest BCUT2D eigenvalue weighted by molar-refractivity contribution is -0.377. The number of aromatic nitrogens is 2. The molecule has 0 bridgehead atoms. The summed E-state index contributed by atoms with van der Waals surface area (Å²) in [6.45, 7) is 0. The van der Waals surface area contributed by atoms with E-state index < -0.39 is 73.2 Å². The highest BCUT2D eigenvalue weighted by molar-refractivity contribution is 6.29. The van der Waals surface area contributed by atoms with Crippen molar-refractivity contribution >= 4 is 29.6 Å². The third-order valence-electron chi connectivity index (χ3n) is 4.08. The van der Waals surface area contributed by atoms with Crippen LogP contribution in [0.1, 0.15) is 5.56 Å². The Hall–Kier alpha value is -4.96. The SMILES string of the molecule is O=C1NC(=O)C(=CC2=CC(=Cc3c(O)[nH]c(=O)[nH]c3=O)C(N([O-])O)=CC2=[N+]([O-])[O-])C(=O)N1. The van der Waals surface area contributed by atoms with E-state index >= 15 is 0 Å². The van der Waals surface area contributed by atoms with Crippen LogP contribution in [0.4, 0.5) is 4.79 Å². The molecule has 0 saturated carbocycles. The molecular formula is C16H10N6O10-2. The minimum absolute atomic E-state index is 0.388. The van der Waals surface area contributed by atoms with E-state index in [9.17, 15) is 49.9 Å². The summed E-state index contributed by atoms with van der Waals surface area (Å²) in [5.41, 5.74) is -5.85. The number of urea groups is 1. The largest absolute Gasteiger partial charge is 0.733 e. The predicted molar refractivity (Wildman–Crippen MR) is 102 cm³/mol. The molecule has 2 heterocycles. The molecule has 0 aromatic carbocycles. The zero-order chi connectivity index (χ0) is 23.7. The van der Waals surface area contributed by atoms with Gasteiger partial charge in [-0.3, -0.25) is 40.2 Å². The molecule has 4 amide bonds. The maximum Gasteiger partial charge on any atom is 0.328 e. The van der Waals surface area contributed by atoms with Gasteiger partial charge in [0.15, 0.2) is 0 Å². The molecule has 16 heteroatoms. The summed E-state index contributed by atoms with van der Waals surface area (Å²) < 4.78 is 0. The Kier molecular flexibility index (Phi) is 5.47. The number of hydrogen-bond acceptors (Lipinski definition) is 11. The molecule has 32 heavy (non-hydrogen) atoms. The molecule has 6 N–H and O–H groups in total. The number of barbiturate groups is 1. The van der Waals surface area contributed by atoms with Gasteiger partial charge in [-0.1, -0.05) is 0 Å². The summed E-state index contributed by atoms with van der Waals surface area (Å²) >= 11 is 0. The van der Waals surface area contributed by atoms with E-state index in [2.05, 4.69) is 0 Å². The van der Waals surface area contributed by atoms with Gasteiger partial charge in [-0.2, -0.15) is 4.90 Å². The number of nitrogens with one attached hydrogen (secondary N) is 4. The molecule has 1 aromatic rings. The molecule has 0 spiro atoms. The Bertz CT molecular complexity index is 1300. The standard InChI is InChI=1S/C16H10N6O10/c23-11-7(12(24)18-15(27)17-11)2-5-1-6(10(22(31)32)4-9(5)21(29)30)3-8-13(25)19-16(28)20-14(8)26/h1-4,29H,(H5-,17,18,19,20,23,24,25,26,27,28,31,32)/q-2. The van der Waals surface area contributed by atoms with Crippen molar-refractivity contribution in [1.29, 1.82) is 0 Å². The van der Waals surface area contributed by atoms with Crippen molar-refractivity contribution in [3.8, 4) is 5.88 Å². The Labute approximate surface area is 174 Å². The van der Waals surface area contributed by atoms with Gasteiger partial charge in [-0.25, -0.2) is 9.59 Å². The molecule has 1 fully saturated rings. The molecule has 2 aliphatic rings. The average molecular weight is 446 g/mol. The van der Waals surface area contributed by atoms with Gasteiger partial charge in [-0.05, 0) is 18.2 Å². The maximum absolute atomic E-state index is 12.0. The molecule has 1 aromatic heterocycles. The van der Waals surface area contributed by atoms with Gasteiger partial charge in [0.1, 0.15) is 11.1 Å². The lowest BCUT2D eigenvalue weighted by Gasteiger charge is -2.28. The molecule has 0 atom stereocenters. The van der Waals surface area contributed by atoms with Crippen LogP contribution >= 0.6 is 0 Å². The van der Waals surface area contributed by atoms with Gasteiger partial charge in [0.05, 0.1) is 11.3 Å². The number of imide groups is 2. The van der Waals surface area contributed by atoms with E-state index in [1.807, 2.05) is 4.98 Å². The van der Waals surface area contributed by atoms with Crippen molar-refractivity contribution in [1.82, 2.24) is 25.8 Å². The first-order valence-corrected chi connectivity index (χ1v) is 8.25. The number of aromatic amines is 2. The van der Waals surface area contributed by atoms with Crippen molar-refractivity contribution in [2.24, 2.45) is 0 Å². The molecule has 0 unspecified atom stereocenters.